The highest BCUT2D eigenvalue weighted by Crippen LogP contribution is 2.36. The maximum Gasteiger partial charge on any atom is 0.255 e. The van der Waals surface area contributed by atoms with E-state index in [4.69, 9.17) is 16.3 Å². The summed E-state index contributed by atoms with van der Waals surface area (Å²) in [7, 11) is 5.65. The number of ether oxygens (including phenoxy) is 1. The molecule has 1 amide bonds. The van der Waals surface area contributed by atoms with Crippen molar-refractivity contribution in [2.45, 2.75) is 38.5 Å². The van der Waals surface area contributed by atoms with Crippen LogP contribution in [0.4, 0.5) is 15.9 Å². The molecule has 1 N–H and O–H groups in total. The van der Waals surface area contributed by atoms with Crippen LogP contribution in [0.15, 0.2) is 60.5 Å². The fourth-order valence-electron chi connectivity index (χ4n) is 5.40. The summed E-state index contributed by atoms with van der Waals surface area (Å²) in [5, 5.41) is 3.66. The molecule has 1 fully saturated rings. The third kappa shape index (κ3) is 5.86. The Balaban J connectivity index is 1.28. The molecule has 3 aromatic rings. The summed E-state index contributed by atoms with van der Waals surface area (Å²) in [6, 6.07) is 5.33. The van der Waals surface area contributed by atoms with E-state index in [2.05, 4.69) is 41.2 Å². The number of carbonyl (C=O) groups excluding carboxylic acids is 1. The molecule has 1 saturated heterocycles. The molecule has 10 heteroatoms. The predicted octanol–water partition coefficient (Wildman–Crippen LogP) is 6.19. The maximum absolute atomic E-state index is 14.4. The fourth-order valence-corrected chi connectivity index (χ4v) is 5.67. The van der Waals surface area contributed by atoms with Crippen molar-refractivity contribution >= 4 is 34.7 Å². The molecule has 0 spiro atoms. The third-order valence-electron chi connectivity index (χ3n) is 8.09. The minimum atomic E-state index is -0.287. The number of hydrogen-bond donors (Lipinski definition) is 1. The van der Waals surface area contributed by atoms with Gasteiger partial charge in [-0.1, -0.05) is 24.6 Å². The number of allylic oxidation sites excluding steroid dienone is 3. The first-order valence-corrected chi connectivity index (χ1v) is 14.0. The highest BCUT2D eigenvalue weighted by molar-refractivity contribution is 6.34. The van der Waals surface area contributed by atoms with Gasteiger partial charge in [0.05, 0.1) is 17.7 Å². The Morgan fingerprint density at radius 1 is 1.27 bits per heavy atom. The van der Waals surface area contributed by atoms with Crippen molar-refractivity contribution < 1.29 is 13.9 Å². The van der Waals surface area contributed by atoms with Crippen LogP contribution in [0.3, 0.4) is 0 Å². The van der Waals surface area contributed by atoms with Crippen molar-refractivity contribution in [2.75, 3.05) is 46.2 Å². The molecule has 2 aliphatic rings. The molecule has 2 aromatic heterocycles. The van der Waals surface area contributed by atoms with E-state index in [9.17, 15) is 9.18 Å². The number of carbonyl (C=O) groups is 1. The summed E-state index contributed by atoms with van der Waals surface area (Å²) in [5.74, 6) is 0.286. The van der Waals surface area contributed by atoms with Crippen LogP contribution in [0.25, 0.3) is 5.65 Å². The molecule has 0 radical (unpaired) electrons. The minimum absolute atomic E-state index is 0.0391. The first-order chi connectivity index (χ1) is 19.2. The molecule has 8 nitrogen and oxygen atoms in total. The predicted molar refractivity (Wildman–Crippen MR) is 156 cm³/mol. The van der Waals surface area contributed by atoms with Crippen LogP contribution in [0.2, 0.25) is 5.02 Å². The third-order valence-corrected chi connectivity index (χ3v) is 8.40. The van der Waals surface area contributed by atoms with Gasteiger partial charge in [-0.2, -0.15) is 0 Å². The second-order valence-electron chi connectivity index (χ2n) is 11.3. The van der Waals surface area contributed by atoms with Crippen molar-refractivity contribution in [1.29, 1.82) is 0 Å². The van der Waals surface area contributed by atoms with E-state index in [1.165, 1.54) is 7.11 Å². The molecule has 212 valence electrons. The van der Waals surface area contributed by atoms with Gasteiger partial charge in [-0.3, -0.25) is 9.20 Å². The normalized spacial score (nSPS) is 19.0. The summed E-state index contributed by atoms with van der Waals surface area (Å²) in [6.45, 7) is 4.84. The highest BCUT2D eigenvalue weighted by Gasteiger charge is 2.32. The van der Waals surface area contributed by atoms with Gasteiger partial charge in [0.15, 0.2) is 11.5 Å². The second kappa shape index (κ2) is 11.6. The number of hydrogen-bond acceptors (Lipinski definition) is 6. The van der Waals surface area contributed by atoms with E-state index in [0.717, 1.165) is 44.6 Å². The number of nitrogens with zero attached hydrogens (tertiary/aromatic N) is 5. The van der Waals surface area contributed by atoms with Crippen molar-refractivity contribution in [2.24, 2.45) is 5.41 Å². The van der Waals surface area contributed by atoms with Gasteiger partial charge in [-0.25, -0.2) is 14.4 Å². The number of nitrogens with one attached hydrogen (secondary N) is 1. The average Bonchev–Trinajstić information content (AvgIpc) is 3.37. The largest absolute Gasteiger partial charge is 0.494 e. The topological polar surface area (TPSA) is 75.0 Å². The number of anilines is 2. The summed E-state index contributed by atoms with van der Waals surface area (Å²) in [4.78, 5) is 26.4. The van der Waals surface area contributed by atoms with E-state index in [1.807, 2.05) is 27.6 Å². The van der Waals surface area contributed by atoms with Crippen LogP contribution < -0.4 is 5.32 Å². The molecule has 5 rings (SSSR count). The van der Waals surface area contributed by atoms with E-state index < -0.39 is 0 Å². The molecule has 1 unspecified atom stereocenters. The highest BCUT2D eigenvalue weighted by atomic mass is 35.5. The van der Waals surface area contributed by atoms with Crippen molar-refractivity contribution in [3.8, 4) is 0 Å². The molecule has 1 aliphatic carbocycles. The smallest absolute Gasteiger partial charge is 0.255 e. The van der Waals surface area contributed by atoms with Crippen LogP contribution in [0.1, 0.15) is 54.6 Å². The lowest BCUT2D eigenvalue weighted by molar-refractivity contribution is 0.0580. The SMILES string of the molecule is COC1=C(F)CC(c2cnc3c(Nc4ccc(C(=O)N5CCC(C)(CCN(C)C)CC5)c(Cl)c4)nccn23)C=C1. The molecule has 3 heterocycles. The Hall–Kier alpha value is -3.43. The van der Waals surface area contributed by atoms with Gasteiger partial charge in [-0.05, 0) is 69.6 Å². The summed E-state index contributed by atoms with van der Waals surface area (Å²) >= 11 is 6.62. The van der Waals surface area contributed by atoms with Gasteiger partial charge in [-0.15, -0.1) is 0 Å². The average molecular weight is 567 g/mol. The molecular weight excluding hydrogens is 531 g/mol. The van der Waals surface area contributed by atoms with Crippen molar-refractivity contribution in [3.05, 3.63) is 76.8 Å². The number of methoxy groups -OCH3 is 1. The zero-order valence-corrected chi connectivity index (χ0v) is 24.2. The molecule has 1 aromatic carbocycles. The zero-order valence-electron chi connectivity index (χ0n) is 23.5. The first-order valence-electron chi connectivity index (χ1n) is 13.6. The van der Waals surface area contributed by atoms with Crippen LogP contribution >= 0.6 is 11.6 Å². The number of imidazole rings is 1. The number of aromatic nitrogens is 3. The van der Waals surface area contributed by atoms with E-state index in [-0.39, 0.29) is 35.2 Å². The lowest BCUT2D eigenvalue weighted by Crippen LogP contribution is -2.43. The van der Waals surface area contributed by atoms with Crippen LogP contribution in [-0.4, -0.2) is 70.9 Å². The number of likely N-dealkylation sites (tertiary alicyclic amines) is 1. The summed E-state index contributed by atoms with van der Waals surface area (Å²) in [6.07, 6.45) is 12.1. The van der Waals surface area contributed by atoms with Crippen LogP contribution in [0, 0.1) is 5.41 Å². The molecule has 0 saturated carbocycles. The molecule has 1 atom stereocenters. The molecule has 1 aliphatic heterocycles. The lowest BCUT2D eigenvalue weighted by atomic mass is 9.77. The van der Waals surface area contributed by atoms with E-state index >= 15 is 0 Å². The number of piperidine rings is 1. The number of rotatable bonds is 8. The minimum Gasteiger partial charge on any atom is -0.494 e. The Morgan fingerprint density at radius 2 is 2.05 bits per heavy atom. The van der Waals surface area contributed by atoms with Gasteiger partial charge in [0, 0.05) is 55.4 Å². The van der Waals surface area contributed by atoms with Gasteiger partial charge in [0.25, 0.3) is 5.91 Å². The van der Waals surface area contributed by atoms with Gasteiger partial charge in [0.1, 0.15) is 11.6 Å². The fraction of sp³-hybridized carbons (Fsp3) is 0.433. The Kier molecular flexibility index (Phi) is 8.14. The van der Waals surface area contributed by atoms with Crippen LogP contribution in [0.5, 0.6) is 0 Å². The monoisotopic (exact) mass is 566 g/mol. The Bertz CT molecular complexity index is 1460. The van der Waals surface area contributed by atoms with Crippen molar-refractivity contribution in [1.82, 2.24) is 24.2 Å². The summed E-state index contributed by atoms with van der Waals surface area (Å²) in [5.41, 5.74) is 2.89. The Morgan fingerprint density at radius 3 is 2.73 bits per heavy atom. The standard InChI is InChI=1S/C30H36ClFN6O2/c1-30(9-13-36(2)3)10-14-37(15-11-30)29(39)22-7-6-21(18-23(22)31)35-27-28-34-19-25(38(28)16-12-33-27)20-5-8-26(40-4)24(32)17-20/h5-8,12,16,18-20H,9-11,13-15,17H2,1-4H3,(H,33,35). The molecule has 0 bridgehead atoms. The van der Waals surface area contributed by atoms with Gasteiger partial charge < -0.3 is 19.9 Å². The Labute approximate surface area is 239 Å². The van der Waals surface area contributed by atoms with Crippen molar-refractivity contribution in [3.63, 3.8) is 0 Å². The van der Waals surface area contributed by atoms with Gasteiger partial charge in [0.2, 0.25) is 0 Å². The maximum atomic E-state index is 14.4. The van der Waals surface area contributed by atoms with Crippen LogP contribution in [-0.2, 0) is 4.74 Å². The number of fused-ring (bicyclic) bond motifs is 1. The number of benzene rings is 1. The first kappa shape index (κ1) is 28.1. The number of halogens is 2. The summed E-state index contributed by atoms with van der Waals surface area (Å²) < 4.78 is 21.4. The quantitative estimate of drug-likeness (QED) is 0.350. The molecule has 40 heavy (non-hydrogen) atoms. The second-order valence-corrected chi connectivity index (χ2v) is 11.7. The van der Waals surface area contributed by atoms with E-state index in [0.29, 0.717) is 27.7 Å². The van der Waals surface area contributed by atoms with Gasteiger partial charge >= 0.3 is 0 Å². The van der Waals surface area contributed by atoms with E-state index in [1.54, 1.807) is 30.6 Å². The lowest BCUT2D eigenvalue weighted by Gasteiger charge is -2.40. The zero-order chi connectivity index (χ0) is 28.4. The molecular formula is C30H36ClFN6O2. The number of amides is 1.